The van der Waals surface area contributed by atoms with E-state index in [-0.39, 0.29) is 25.4 Å². The van der Waals surface area contributed by atoms with Gasteiger partial charge in [-0.25, -0.2) is 0 Å². The number of rotatable bonds is 8. The normalized spacial score (nSPS) is 10.6. The van der Waals surface area contributed by atoms with Crippen molar-refractivity contribution >= 4 is 55.9 Å². The van der Waals surface area contributed by atoms with Crippen molar-refractivity contribution in [1.29, 1.82) is 0 Å². The molecule has 0 radical (unpaired) electrons. The Labute approximate surface area is 195 Å². The van der Waals surface area contributed by atoms with Crippen molar-refractivity contribution in [1.82, 2.24) is 0 Å². The first kappa shape index (κ1) is 23.5. The second-order valence-corrected chi connectivity index (χ2v) is 8.41. The third-order valence-corrected chi connectivity index (χ3v) is 5.85. The van der Waals surface area contributed by atoms with E-state index in [0.717, 1.165) is 32.1 Å². The fourth-order valence-corrected chi connectivity index (χ4v) is 3.72. The lowest BCUT2D eigenvalue weighted by Crippen LogP contribution is -2.21. The molecule has 0 fully saturated rings. The number of aryl methyl sites for hydroxylation is 2. The van der Waals surface area contributed by atoms with Gasteiger partial charge in [0.1, 0.15) is 0 Å². The van der Waals surface area contributed by atoms with E-state index in [1.165, 1.54) is 0 Å². The number of hydrogen-bond acceptors (Lipinski definition) is 4. The zero-order valence-electron chi connectivity index (χ0n) is 18.0. The van der Waals surface area contributed by atoms with Gasteiger partial charge in [-0.1, -0.05) is 52.3 Å². The first-order chi connectivity index (χ1) is 15.3. The fraction of sp³-hybridized carbons (Fsp3) is 0.240. The molecule has 32 heavy (non-hydrogen) atoms. The summed E-state index contributed by atoms with van der Waals surface area (Å²) in [7, 11) is 0. The van der Waals surface area contributed by atoms with E-state index >= 15 is 0 Å². The number of nitrogens with one attached hydrogen (secondary N) is 2. The minimum atomic E-state index is -0.512. The van der Waals surface area contributed by atoms with Gasteiger partial charge in [0, 0.05) is 34.1 Å². The number of fused-ring (bicyclic) bond motifs is 1. The lowest BCUT2D eigenvalue weighted by molar-refractivity contribution is -0.147. The summed E-state index contributed by atoms with van der Waals surface area (Å²) in [5, 5.41) is 7.65. The summed E-state index contributed by atoms with van der Waals surface area (Å²) in [5.74, 6) is -1.09. The zero-order valence-corrected chi connectivity index (χ0v) is 19.6. The summed E-state index contributed by atoms with van der Waals surface area (Å²) in [6, 6.07) is 17.3. The van der Waals surface area contributed by atoms with E-state index < -0.39 is 11.9 Å². The molecular weight excluding hydrogens is 472 g/mol. The highest BCUT2D eigenvalue weighted by Gasteiger charge is 2.12. The Bertz CT molecular complexity index is 1150. The number of ether oxygens (including phenoxy) is 1. The molecule has 2 amide bonds. The minimum Gasteiger partial charge on any atom is -0.456 e. The number of halogens is 1. The predicted molar refractivity (Wildman–Crippen MR) is 130 cm³/mol. The van der Waals surface area contributed by atoms with E-state index in [4.69, 9.17) is 4.74 Å². The number of anilines is 2. The van der Waals surface area contributed by atoms with Gasteiger partial charge in [-0.2, -0.15) is 0 Å². The van der Waals surface area contributed by atoms with E-state index in [9.17, 15) is 14.4 Å². The largest absolute Gasteiger partial charge is 0.456 e. The molecule has 7 heteroatoms. The molecule has 3 aromatic rings. The van der Waals surface area contributed by atoms with Crippen LogP contribution in [0, 0.1) is 13.8 Å². The van der Waals surface area contributed by atoms with Crippen molar-refractivity contribution in [3.8, 4) is 0 Å². The molecule has 0 unspecified atom stereocenters. The standard InChI is InChI=1S/C25H25BrN2O4/c1-16-14-22(17(2)13-20(16)26)28-24(30)15-32-25(31)12-6-11-23(29)27-21-10-5-8-18-7-3-4-9-19(18)21/h3-5,7-10,13-14H,6,11-12,15H2,1-2H3,(H,27,29)(H,28,30). The number of carbonyl (C=O) groups is 3. The van der Waals surface area contributed by atoms with Gasteiger partial charge < -0.3 is 15.4 Å². The Morgan fingerprint density at radius 2 is 1.56 bits per heavy atom. The number of hydrogen-bond donors (Lipinski definition) is 2. The third-order valence-electron chi connectivity index (χ3n) is 4.99. The lowest BCUT2D eigenvalue weighted by atomic mass is 10.1. The number of amides is 2. The van der Waals surface area contributed by atoms with Crippen LogP contribution in [0.25, 0.3) is 10.8 Å². The molecule has 0 aliphatic heterocycles. The van der Waals surface area contributed by atoms with Crippen molar-refractivity contribution in [2.75, 3.05) is 17.2 Å². The van der Waals surface area contributed by atoms with Crippen molar-refractivity contribution in [2.45, 2.75) is 33.1 Å². The molecular formula is C25H25BrN2O4. The fourth-order valence-electron chi connectivity index (χ4n) is 3.26. The van der Waals surface area contributed by atoms with Gasteiger partial charge in [-0.3, -0.25) is 14.4 Å². The van der Waals surface area contributed by atoms with E-state index in [0.29, 0.717) is 12.1 Å². The van der Waals surface area contributed by atoms with Gasteiger partial charge in [-0.15, -0.1) is 0 Å². The Morgan fingerprint density at radius 3 is 2.38 bits per heavy atom. The van der Waals surface area contributed by atoms with Crippen molar-refractivity contribution in [3.63, 3.8) is 0 Å². The van der Waals surface area contributed by atoms with Crippen LogP contribution >= 0.6 is 15.9 Å². The second-order valence-electron chi connectivity index (χ2n) is 7.55. The summed E-state index contributed by atoms with van der Waals surface area (Å²) in [4.78, 5) is 36.3. The van der Waals surface area contributed by atoms with Gasteiger partial charge in [0.25, 0.3) is 5.91 Å². The molecule has 2 N–H and O–H groups in total. The predicted octanol–water partition coefficient (Wildman–Crippen LogP) is 5.51. The molecule has 166 valence electrons. The van der Waals surface area contributed by atoms with E-state index in [2.05, 4.69) is 26.6 Å². The molecule has 0 aromatic heterocycles. The van der Waals surface area contributed by atoms with Crippen LogP contribution in [-0.4, -0.2) is 24.4 Å². The van der Waals surface area contributed by atoms with Crippen molar-refractivity contribution in [3.05, 3.63) is 70.2 Å². The second kappa shape index (κ2) is 10.9. The number of carbonyl (C=O) groups excluding carboxylic acids is 3. The van der Waals surface area contributed by atoms with Gasteiger partial charge in [0.05, 0.1) is 0 Å². The number of esters is 1. The van der Waals surface area contributed by atoms with Gasteiger partial charge in [0.2, 0.25) is 5.91 Å². The monoisotopic (exact) mass is 496 g/mol. The first-order valence-corrected chi connectivity index (χ1v) is 11.1. The van der Waals surface area contributed by atoms with Crippen molar-refractivity contribution < 1.29 is 19.1 Å². The Balaban J connectivity index is 1.40. The molecule has 6 nitrogen and oxygen atoms in total. The first-order valence-electron chi connectivity index (χ1n) is 10.3. The Morgan fingerprint density at radius 1 is 0.844 bits per heavy atom. The molecule has 0 aliphatic carbocycles. The summed E-state index contributed by atoms with van der Waals surface area (Å²) in [5.41, 5.74) is 3.31. The van der Waals surface area contributed by atoms with Gasteiger partial charge in [-0.05, 0) is 55.0 Å². The molecule has 0 atom stereocenters. The Hall–Kier alpha value is -3.19. The average molecular weight is 497 g/mol. The third kappa shape index (κ3) is 6.40. The lowest BCUT2D eigenvalue weighted by Gasteiger charge is -2.11. The molecule has 0 saturated carbocycles. The van der Waals surface area contributed by atoms with Gasteiger partial charge in [0.15, 0.2) is 6.61 Å². The molecule has 0 heterocycles. The average Bonchev–Trinajstić information content (AvgIpc) is 2.76. The highest BCUT2D eigenvalue weighted by atomic mass is 79.9. The smallest absolute Gasteiger partial charge is 0.306 e. The summed E-state index contributed by atoms with van der Waals surface area (Å²) < 4.78 is 6.00. The minimum absolute atomic E-state index is 0.0622. The van der Waals surface area contributed by atoms with Crippen LogP contribution in [0.4, 0.5) is 11.4 Å². The maximum atomic E-state index is 12.3. The van der Waals surface area contributed by atoms with Crippen LogP contribution < -0.4 is 10.6 Å². The highest BCUT2D eigenvalue weighted by molar-refractivity contribution is 9.10. The highest BCUT2D eigenvalue weighted by Crippen LogP contribution is 2.25. The van der Waals surface area contributed by atoms with Crippen LogP contribution in [0.15, 0.2) is 59.1 Å². The van der Waals surface area contributed by atoms with Crippen LogP contribution in [0.1, 0.15) is 30.4 Å². The SMILES string of the molecule is Cc1cc(NC(=O)COC(=O)CCCC(=O)Nc2cccc3ccccc23)c(C)cc1Br. The summed E-state index contributed by atoms with van der Waals surface area (Å²) >= 11 is 3.45. The van der Waals surface area contributed by atoms with E-state index in [1.54, 1.807) is 0 Å². The van der Waals surface area contributed by atoms with Gasteiger partial charge >= 0.3 is 5.97 Å². The quantitative estimate of drug-likeness (QED) is 0.402. The molecule has 0 saturated heterocycles. The topological polar surface area (TPSA) is 84.5 Å². The number of benzene rings is 3. The van der Waals surface area contributed by atoms with Crippen LogP contribution in [0.3, 0.4) is 0 Å². The molecule has 3 rings (SSSR count). The molecule has 0 spiro atoms. The summed E-state index contributed by atoms with van der Waals surface area (Å²) in [6.07, 6.45) is 0.580. The zero-order chi connectivity index (χ0) is 23.1. The molecule has 0 bridgehead atoms. The van der Waals surface area contributed by atoms with E-state index in [1.807, 2.05) is 68.4 Å². The molecule has 0 aliphatic rings. The Kier molecular flexibility index (Phi) is 8.00. The van der Waals surface area contributed by atoms with Crippen molar-refractivity contribution in [2.24, 2.45) is 0 Å². The van der Waals surface area contributed by atoms with Crippen LogP contribution in [0.5, 0.6) is 0 Å². The summed E-state index contributed by atoms with van der Waals surface area (Å²) in [6.45, 7) is 3.44. The van der Waals surface area contributed by atoms with Crippen LogP contribution in [0.2, 0.25) is 0 Å². The maximum Gasteiger partial charge on any atom is 0.306 e. The maximum absolute atomic E-state index is 12.3. The molecule has 3 aromatic carbocycles. The van der Waals surface area contributed by atoms with Crippen LogP contribution in [-0.2, 0) is 19.1 Å².